The molecule has 0 spiro atoms. The van der Waals surface area contributed by atoms with Gasteiger partial charge >= 0.3 is 6.09 Å². The van der Waals surface area contributed by atoms with E-state index in [1.807, 2.05) is 45.0 Å². The van der Waals surface area contributed by atoms with Crippen LogP contribution in [0.5, 0.6) is 0 Å². The number of benzene rings is 1. The number of carbonyl (C=O) groups excluding carboxylic acids is 1. The van der Waals surface area contributed by atoms with Gasteiger partial charge in [-0.15, -0.1) is 0 Å². The van der Waals surface area contributed by atoms with Crippen molar-refractivity contribution in [3.63, 3.8) is 0 Å². The number of nitrogens with one attached hydrogen (secondary N) is 3. The van der Waals surface area contributed by atoms with Crippen LogP contribution in [-0.2, 0) is 4.74 Å². The summed E-state index contributed by atoms with van der Waals surface area (Å²) in [6.07, 6.45) is 1.42. The number of likely N-dealkylation sites (tertiary alicyclic amines) is 1. The van der Waals surface area contributed by atoms with Crippen LogP contribution >= 0.6 is 0 Å². The minimum Gasteiger partial charge on any atom is -0.444 e. The molecule has 1 aliphatic rings. The summed E-state index contributed by atoms with van der Waals surface area (Å²) in [6.45, 7) is 6.91. The fourth-order valence-electron chi connectivity index (χ4n) is 2.68. The fraction of sp³-hybridized carbons (Fsp3) is 0.474. The second kappa shape index (κ2) is 9.08. The van der Waals surface area contributed by atoms with Crippen LogP contribution in [0.25, 0.3) is 0 Å². The standard InChI is InChI=1S/C19H27N7O2/c1-19(2,3)28-18(27)26-10-8-14(9-11-26)23-13-4-6-15(7-5-13)24-25-16(12-20)17(21)22/h4-7,14,23-24H,8-11H2,1-3H3,(H3,21,22)/b25-16+. The molecule has 0 aliphatic carbocycles. The molecule has 0 aromatic heterocycles. The number of hydrazone groups is 1. The van der Waals surface area contributed by atoms with Gasteiger partial charge in [0.1, 0.15) is 11.7 Å². The molecule has 5 N–H and O–H groups in total. The van der Waals surface area contributed by atoms with Gasteiger partial charge in [0.05, 0.1) is 5.69 Å². The van der Waals surface area contributed by atoms with E-state index in [9.17, 15) is 4.79 Å². The van der Waals surface area contributed by atoms with Gasteiger partial charge in [-0.05, 0) is 57.9 Å². The third kappa shape index (κ3) is 6.46. The maximum absolute atomic E-state index is 12.1. The number of anilines is 2. The van der Waals surface area contributed by atoms with E-state index in [0.717, 1.165) is 18.5 Å². The second-order valence-electron chi connectivity index (χ2n) is 7.56. The molecular formula is C19H27N7O2. The topological polar surface area (TPSA) is 140 Å². The number of ether oxygens (including phenoxy) is 1. The van der Waals surface area contributed by atoms with Crippen molar-refractivity contribution in [3.8, 4) is 6.07 Å². The highest BCUT2D eigenvalue weighted by atomic mass is 16.6. The van der Waals surface area contributed by atoms with E-state index in [1.165, 1.54) is 0 Å². The van der Waals surface area contributed by atoms with Crippen molar-refractivity contribution in [2.75, 3.05) is 23.8 Å². The SMILES string of the molecule is CC(C)(C)OC(=O)N1CCC(Nc2ccc(N/N=C(\C#N)C(=N)N)cc2)CC1. The number of rotatable bonds is 5. The maximum Gasteiger partial charge on any atom is 0.410 e. The summed E-state index contributed by atoms with van der Waals surface area (Å²) in [5, 5.41) is 23.3. The highest BCUT2D eigenvalue weighted by molar-refractivity contribution is 6.45. The van der Waals surface area contributed by atoms with E-state index >= 15 is 0 Å². The largest absolute Gasteiger partial charge is 0.444 e. The summed E-state index contributed by atoms with van der Waals surface area (Å²) >= 11 is 0. The number of carbonyl (C=O) groups is 1. The third-order valence-corrected chi connectivity index (χ3v) is 4.06. The predicted octanol–water partition coefficient (Wildman–Crippen LogP) is 2.73. The first-order chi connectivity index (χ1) is 13.2. The van der Waals surface area contributed by atoms with Gasteiger partial charge in [0.25, 0.3) is 0 Å². The molecule has 9 heteroatoms. The average Bonchev–Trinajstić information content (AvgIpc) is 2.62. The number of amides is 1. The molecular weight excluding hydrogens is 358 g/mol. The lowest BCUT2D eigenvalue weighted by atomic mass is 10.0. The van der Waals surface area contributed by atoms with E-state index in [1.54, 1.807) is 11.0 Å². The number of piperidine rings is 1. The molecule has 9 nitrogen and oxygen atoms in total. The van der Waals surface area contributed by atoms with Crippen LogP contribution in [0.15, 0.2) is 29.4 Å². The van der Waals surface area contributed by atoms with Crippen LogP contribution in [0.2, 0.25) is 0 Å². The molecule has 2 rings (SSSR count). The third-order valence-electron chi connectivity index (χ3n) is 4.06. The van der Waals surface area contributed by atoms with Crippen LogP contribution in [-0.4, -0.2) is 47.3 Å². The average molecular weight is 385 g/mol. The summed E-state index contributed by atoms with van der Waals surface area (Å²) in [5.41, 5.74) is 8.94. The first-order valence-electron chi connectivity index (χ1n) is 9.10. The maximum atomic E-state index is 12.1. The molecule has 28 heavy (non-hydrogen) atoms. The van der Waals surface area contributed by atoms with Crippen LogP contribution in [0.4, 0.5) is 16.2 Å². The summed E-state index contributed by atoms with van der Waals surface area (Å²) in [5.74, 6) is -0.383. The van der Waals surface area contributed by atoms with Crippen LogP contribution in [0.1, 0.15) is 33.6 Å². The first kappa shape index (κ1) is 21.0. The number of nitriles is 1. The smallest absolute Gasteiger partial charge is 0.410 e. The van der Waals surface area contributed by atoms with Gasteiger partial charge in [-0.25, -0.2) is 4.79 Å². The molecule has 1 aromatic carbocycles. The van der Waals surface area contributed by atoms with Gasteiger partial charge in [0.2, 0.25) is 5.71 Å². The van der Waals surface area contributed by atoms with E-state index in [2.05, 4.69) is 15.8 Å². The van der Waals surface area contributed by atoms with Gasteiger partial charge in [-0.2, -0.15) is 10.4 Å². The normalized spacial score (nSPS) is 15.5. The number of nitrogens with two attached hydrogens (primary N) is 1. The summed E-state index contributed by atoms with van der Waals surface area (Å²) in [7, 11) is 0. The van der Waals surface area contributed by atoms with E-state index in [4.69, 9.17) is 21.1 Å². The lowest BCUT2D eigenvalue weighted by Crippen LogP contribution is -2.44. The fourth-order valence-corrected chi connectivity index (χ4v) is 2.68. The van der Waals surface area contributed by atoms with Gasteiger partial charge in [-0.3, -0.25) is 10.8 Å². The Morgan fingerprint density at radius 3 is 2.36 bits per heavy atom. The minimum absolute atomic E-state index is 0.168. The van der Waals surface area contributed by atoms with E-state index in [0.29, 0.717) is 18.8 Å². The minimum atomic E-state index is -0.482. The van der Waals surface area contributed by atoms with Gasteiger partial charge in [-0.1, -0.05) is 0 Å². The molecule has 1 saturated heterocycles. The zero-order valence-electron chi connectivity index (χ0n) is 16.5. The van der Waals surface area contributed by atoms with Crippen molar-refractivity contribution >= 4 is 29.0 Å². The molecule has 1 heterocycles. The molecule has 1 fully saturated rings. The van der Waals surface area contributed by atoms with Gasteiger partial charge in [0, 0.05) is 24.8 Å². The van der Waals surface area contributed by atoms with Crippen LogP contribution < -0.4 is 16.5 Å². The number of hydrogen-bond donors (Lipinski definition) is 4. The summed E-state index contributed by atoms with van der Waals surface area (Å²) < 4.78 is 5.41. The van der Waals surface area contributed by atoms with Gasteiger partial charge < -0.3 is 20.7 Å². The molecule has 0 radical (unpaired) electrons. The van der Waals surface area contributed by atoms with Crippen molar-refractivity contribution in [3.05, 3.63) is 24.3 Å². The highest BCUT2D eigenvalue weighted by Crippen LogP contribution is 2.20. The van der Waals surface area contributed by atoms with Crippen molar-refractivity contribution in [2.24, 2.45) is 10.8 Å². The Labute approximate surface area is 165 Å². The Morgan fingerprint density at radius 2 is 1.86 bits per heavy atom. The van der Waals surface area contributed by atoms with Crippen LogP contribution in [0.3, 0.4) is 0 Å². The molecule has 150 valence electrons. The number of hydrogen-bond acceptors (Lipinski definition) is 7. The zero-order chi connectivity index (χ0) is 20.7. The molecule has 1 aliphatic heterocycles. The highest BCUT2D eigenvalue weighted by Gasteiger charge is 2.26. The van der Waals surface area contributed by atoms with Crippen molar-refractivity contribution in [1.29, 1.82) is 10.7 Å². The van der Waals surface area contributed by atoms with Crippen molar-refractivity contribution in [2.45, 2.75) is 45.3 Å². The Balaban J connectivity index is 1.83. The molecule has 0 saturated carbocycles. The lowest BCUT2D eigenvalue weighted by Gasteiger charge is -2.34. The van der Waals surface area contributed by atoms with Crippen LogP contribution in [0, 0.1) is 16.7 Å². The molecule has 0 unspecified atom stereocenters. The second-order valence-corrected chi connectivity index (χ2v) is 7.56. The summed E-state index contributed by atoms with van der Waals surface area (Å²) in [6, 6.07) is 9.46. The lowest BCUT2D eigenvalue weighted by molar-refractivity contribution is 0.0210. The zero-order valence-corrected chi connectivity index (χ0v) is 16.5. The Bertz CT molecular complexity index is 767. The van der Waals surface area contributed by atoms with Crippen molar-refractivity contribution < 1.29 is 9.53 Å². The molecule has 0 atom stereocenters. The molecule has 1 amide bonds. The molecule has 1 aromatic rings. The Hall–Kier alpha value is -3.28. The Morgan fingerprint density at radius 1 is 1.29 bits per heavy atom. The number of nitrogens with zero attached hydrogens (tertiary/aromatic N) is 3. The van der Waals surface area contributed by atoms with Gasteiger partial charge in [0.15, 0.2) is 5.84 Å². The van der Waals surface area contributed by atoms with Crippen molar-refractivity contribution in [1.82, 2.24) is 4.90 Å². The van der Waals surface area contributed by atoms with E-state index < -0.39 is 5.60 Å². The predicted molar refractivity (Wildman–Crippen MR) is 109 cm³/mol. The molecule has 0 bridgehead atoms. The monoisotopic (exact) mass is 385 g/mol. The first-order valence-corrected chi connectivity index (χ1v) is 9.10. The Kier molecular flexibility index (Phi) is 6.82. The summed E-state index contributed by atoms with van der Waals surface area (Å²) in [4.78, 5) is 13.9. The quantitative estimate of drug-likeness (QED) is 0.349. The number of amidine groups is 1. The van der Waals surface area contributed by atoms with E-state index in [-0.39, 0.29) is 23.7 Å².